The lowest BCUT2D eigenvalue weighted by Crippen LogP contribution is -2.35. The second-order valence-electron chi connectivity index (χ2n) is 9.12. The van der Waals surface area contributed by atoms with Crippen molar-refractivity contribution in [2.24, 2.45) is 0 Å². The van der Waals surface area contributed by atoms with Crippen molar-refractivity contribution in [3.63, 3.8) is 0 Å². The standard InChI is InChI=1S/C30H28N4O3S2/c35-39(36,37)21-7-20-34-28-10-1-2-11-29(28)38-30(34)17-14-24-12-15-27(16-13-24)33(22-25-8-3-5-18-31-25)23-26-9-4-6-19-32-26/h1-6,8-19H,7,20-23H2/p+1. The van der Waals surface area contributed by atoms with Crippen LogP contribution in [0.2, 0.25) is 0 Å². The van der Waals surface area contributed by atoms with Gasteiger partial charge in [-0.3, -0.25) is 14.5 Å². The summed E-state index contributed by atoms with van der Waals surface area (Å²) in [6.07, 6.45) is 8.08. The van der Waals surface area contributed by atoms with E-state index in [0.29, 0.717) is 26.1 Å². The van der Waals surface area contributed by atoms with Crippen molar-refractivity contribution < 1.29 is 17.5 Å². The molecule has 5 aromatic rings. The van der Waals surface area contributed by atoms with Crippen LogP contribution >= 0.6 is 11.3 Å². The van der Waals surface area contributed by atoms with Gasteiger partial charge in [-0.25, -0.2) is 0 Å². The second-order valence-corrected chi connectivity index (χ2v) is 11.8. The number of hydrogen-bond donors (Lipinski definition) is 1. The summed E-state index contributed by atoms with van der Waals surface area (Å²) in [5.74, 6) is -0.262. The van der Waals surface area contributed by atoms with Crippen molar-refractivity contribution in [1.29, 1.82) is 0 Å². The zero-order valence-electron chi connectivity index (χ0n) is 21.3. The van der Waals surface area contributed by atoms with Gasteiger partial charge in [0.15, 0.2) is 6.54 Å². The van der Waals surface area contributed by atoms with E-state index in [-0.39, 0.29) is 5.75 Å². The summed E-state index contributed by atoms with van der Waals surface area (Å²) < 4.78 is 34.8. The highest BCUT2D eigenvalue weighted by molar-refractivity contribution is 7.85. The van der Waals surface area contributed by atoms with Crippen LogP contribution in [0.3, 0.4) is 0 Å². The Labute approximate surface area is 232 Å². The molecule has 0 amide bonds. The van der Waals surface area contributed by atoms with E-state index < -0.39 is 10.1 Å². The fraction of sp³-hybridized carbons (Fsp3) is 0.167. The number of rotatable bonds is 11. The molecule has 5 rings (SSSR count). The molecule has 7 nitrogen and oxygen atoms in total. The van der Waals surface area contributed by atoms with E-state index >= 15 is 0 Å². The van der Waals surface area contributed by atoms with Gasteiger partial charge in [-0.2, -0.15) is 13.0 Å². The number of aromatic nitrogens is 3. The molecule has 0 saturated heterocycles. The van der Waals surface area contributed by atoms with Crippen LogP contribution < -0.4 is 9.47 Å². The molecule has 0 atom stereocenters. The van der Waals surface area contributed by atoms with Crippen LogP contribution in [0.1, 0.15) is 28.4 Å². The predicted octanol–water partition coefficient (Wildman–Crippen LogP) is 5.63. The SMILES string of the molecule is O=S(=O)(O)CCC[n+]1c(/C=C/c2ccc(N(Cc3ccccn3)Cc3ccccn3)cc2)sc2ccccc21. The summed E-state index contributed by atoms with van der Waals surface area (Å²) in [7, 11) is -3.99. The number of thiazole rings is 1. The van der Waals surface area contributed by atoms with Crippen molar-refractivity contribution in [2.45, 2.75) is 26.1 Å². The van der Waals surface area contributed by atoms with Gasteiger partial charge in [-0.15, -0.1) is 0 Å². The van der Waals surface area contributed by atoms with Crippen LogP contribution in [-0.4, -0.2) is 28.7 Å². The van der Waals surface area contributed by atoms with E-state index in [0.717, 1.165) is 37.9 Å². The van der Waals surface area contributed by atoms with Gasteiger partial charge in [0, 0.05) is 36.6 Å². The molecular formula is C30H29N4O3S2+. The van der Waals surface area contributed by atoms with Gasteiger partial charge >= 0.3 is 0 Å². The molecule has 39 heavy (non-hydrogen) atoms. The Balaban J connectivity index is 1.36. The van der Waals surface area contributed by atoms with Gasteiger partial charge < -0.3 is 4.90 Å². The minimum absolute atomic E-state index is 0.262. The molecule has 0 aliphatic heterocycles. The molecule has 0 aliphatic carbocycles. The zero-order chi connectivity index (χ0) is 27.1. The van der Waals surface area contributed by atoms with E-state index in [4.69, 9.17) is 4.55 Å². The highest BCUT2D eigenvalue weighted by Gasteiger charge is 2.19. The number of hydrogen-bond acceptors (Lipinski definition) is 6. The molecule has 2 aromatic carbocycles. The molecule has 0 saturated carbocycles. The summed E-state index contributed by atoms with van der Waals surface area (Å²) in [5.41, 5.74) is 5.15. The molecule has 3 heterocycles. The molecule has 0 fully saturated rings. The number of aryl methyl sites for hydroxylation is 1. The lowest BCUT2D eigenvalue weighted by molar-refractivity contribution is -0.668. The van der Waals surface area contributed by atoms with E-state index in [1.165, 1.54) is 0 Å². The third-order valence-electron chi connectivity index (χ3n) is 6.26. The van der Waals surface area contributed by atoms with Gasteiger partial charge in [0.25, 0.3) is 15.1 Å². The van der Waals surface area contributed by atoms with Crippen molar-refractivity contribution >= 4 is 49.5 Å². The number of anilines is 1. The van der Waals surface area contributed by atoms with Gasteiger partial charge in [-0.05, 0) is 54.1 Å². The molecule has 9 heteroatoms. The third-order valence-corrected chi connectivity index (χ3v) is 8.19. The molecule has 0 bridgehead atoms. The van der Waals surface area contributed by atoms with Gasteiger partial charge in [0.05, 0.1) is 30.2 Å². The van der Waals surface area contributed by atoms with Crippen molar-refractivity contribution in [3.05, 3.63) is 119 Å². The molecule has 1 N–H and O–H groups in total. The summed E-state index contributed by atoms with van der Waals surface area (Å²) in [5, 5.41) is 1.02. The molecule has 0 spiro atoms. The summed E-state index contributed by atoms with van der Waals surface area (Å²) in [6.45, 7) is 1.83. The van der Waals surface area contributed by atoms with Crippen LogP contribution in [0.25, 0.3) is 22.4 Å². The maximum atomic E-state index is 11.2. The summed E-state index contributed by atoms with van der Waals surface area (Å²) >= 11 is 1.65. The Morgan fingerprint density at radius 3 is 2.08 bits per heavy atom. The van der Waals surface area contributed by atoms with Crippen LogP contribution in [0.5, 0.6) is 0 Å². The lowest BCUT2D eigenvalue weighted by Gasteiger charge is -2.24. The topological polar surface area (TPSA) is 87.3 Å². The number of nitrogens with zero attached hydrogens (tertiary/aromatic N) is 4. The first-order valence-corrected chi connectivity index (χ1v) is 15.1. The maximum absolute atomic E-state index is 11.2. The molecular weight excluding hydrogens is 528 g/mol. The largest absolute Gasteiger partial charge is 0.360 e. The predicted molar refractivity (Wildman–Crippen MR) is 157 cm³/mol. The first-order chi connectivity index (χ1) is 18.9. The minimum atomic E-state index is -3.99. The third kappa shape index (κ3) is 7.35. The van der Waals surface area contributed by atoms with Crippen LogP contribution in [0.4, 0.5) is 5.69 Å². The van der Waals surface area contributed by atoms with E-state index in [1.54, 1.807) is 11.3 Å². The molecule has 3 aromatic heterocycles. The second kappa shape index (κ2) is 12.3. The highest BCUT2D eigenvalue weighted by atomic mass is 32.2. The molecule has 198 valence electrons. The number of para-hydroxylation sites is 1. The van der Waals surface area contributed by atoms with E-state index in [1.807, 2.05) is 67.0 Å². The Morgan fingerprint density at radius 2 is 1.46 bits per heavy atom. The maximum Gasteiger partial charge on any atom is 0.265 e. The van der Waals surface area contributed by atoms with Gasteiger partial charge in [-0.1, -0.05) is 47.7 Å². The monoisotopic (exact) mass is 557 g/mol. The van der Waals surface area contributed by atoms with E-state index in [2.05, 4.69) is 61.9 Å². The zero-order valence-corrected chi connectivity index (χ0v) is 22.9. The Morgan fingerprint density at radius 1 is 0.821 bits per heavy atom. The van der Waals surface area contributed by atoms with Crippen LogP contribution in [0, 0.1) is 0 Å². The Bertz CT molecular complexity index is 1610. The average Bonchev–Trinajstić information content (AvgIpc) is 3.30. The smallest absolute Gasteiger partial charge is 0.265 e. The minimum Gasteiger partial charge on any atom is -0.360 e. The van der Waals surface area contributed by atoms with Gasteiger partial charge in [0.2, 0.25) is 5.52 Å². The van der Waals surface area contributed by atoms with Crippen LogP contribution in [0.15, 0.2) is 97.3 Å². The van der Waals surface area contributed by atoms with E-state index in [9.17, 15) is 8.42 Å². The first kappa shape index (κ1) is 26.7. The Hall–Kier alpha value is -3.92. The van der Waals surface area contributed by atoms with Crippen molar-refractivity contribution in [2.75, 3.05) is 10.7 Å². The summed E-state index contributed by atoms with van der Waals surface area (Å²) in [6, 6.07) is 28.3. The lowest BCUT2D eigenvalue weighted by atomic mass is 10.1. The number of fused-ring (bicyclic) bond motifs is 1. The number of benzene rings is 2. The van der Waals surface area contributed by atoms with Crippen molar-refractivity contribution in [1.82, 2.24) is 9.97 Å². The fourth-order valence-electron chi connectivity index (χ4n) is 4.39. The molecule has 0 aliphatic rings. The van der Waals surface area contributed by atoms with Crippen molar-refractivity contribution in [3.8, 4) is 0 Å². The average molecular weight is 558 g/mol. The molecule has 0 unspecified atom stereocenters. The van der Waals surface area contributed by atoms with Gasteiger partial charge in [0.1, 0.15) is 4.70 Å². The fourth-order valence-corrected chi connectivity index (χ4v) is 5.97. The quantitative estimate of drug-likeness (QED) is 0.167. The number of pyridine rings is 2. The normalized spacial score (nSPS) is 11.8. The Kier molecular flexibility index (Phi) is 8.41. The first-order valence-electron chi connectivity index (χ1n) is 12.6. The molecule has 0 radical (unpaired) electrons. The summed E-state index contributed by atoms with van der Waals surface area (Å²) in [4.78, 5) is 11.3. The highest BCUT2D eigenvalue weighted by Crippen LogP contribution is 2.24. The van der Waals surface area contributed by atoms with Crippen LogP contribution in [-0.2, 0) is 29.8 Å².